The number of fused-ring (bicyclic) bond motifs is 1. The van der Waals surface area contributed by atoms with Crippen LogP contribution >= 0.6 is 34.7 Å². The number of nitrogens with one attached hydrogen (secondary N) is 1. The van der Waals surface area contributed by atoms with Crippen molar-refractivity contribution in [2.45, 2.75) is 39.1 Å². The zero-order valence-electron chi connectivity index (χ0n) is 22.4. The number of thioether (sulfide) groups is 1. The van der Waals surface area contributed by atoms with Gasteiger partial charge in [0.25, 0.3) is 0 Å². The van der Waals surface area contributed by atoms with Gasteiger partial charge in [-0.3, -0.25) is 9.36 Å². The van der Waals surface area contributed by atoms with E-state index in [9.17, 15) is 4.79 Å². The second-order valence-electron chi connectivity index (χ2n) is 9.36. The van der Waals surface area contributed by atoms with E-state index in [-0.39, 0.29) is 18.3 Å². The molecule has 2 heterocycles. The van der Waals surface area contributed by atoms with Gasteiger partial charge in [-0.25, -0.2) is 4.98 Å². The van der Waals surface area contributed by atoms with E-state index < -0.39 is 0 Å². The molecule has 5 rings (SSSR count). The molecule has 7 nitrogen and oxygen atoms in total. The highest BCUT2D eigenvalue weighted by molar-refractivity contribution is 7.99. The molecule has 2 aromatic heterocycles. The number of amides is 1. The van der Waals surface area contributed by atoms with Crippen LogP contribution in [0.5, 0.6) is 5.75 Å². The van der Waals surface area contributed by atoms with Crippen molar-refractivity contribution in [2.75, 3.05) is 11.1 Å². The van der Waals surface area contributed by atoms with Crippen LogP contribution in [0.2, 0.25) is 5.02 Å². The molecule has 0 saturated carbocycles. The maximum Gasteiger partial charge on any atom is 0.234 e. The first kappa shape index (κ1) is 27.9. The number of nitrogens with zero attached hydrogens (tertiary/aromatic N) is 4. The largest absolute Gasteiger partial charge is 0.486 e. The van der Waals surface area contributed by atoms with Crippen molar-refractivity contribution < 1.29 is 9.53 Å². The molecule has 0 aliphatic carbocycles. The van der Waals surface area contributed by atoms with Gasteiger partial charge in [-0.15, -0.1) is 28.1 Å². The number of rotatable bonds is 10. The van der Waals surface area contributed by atoms with Crippen LogP contribution in [0.1, 0.15) is 22.5 Å². The molecule has 1 N–H and O–H groups in total. The normalized spacial score (nSPS) is 11.1. The van der Waals surface area contributed by atoms with Crippen LogP contribution in [0, 0.1) is 20.8 Å². The van der Waals surface area contributed by atoms with Crippen molar-refractivity contribution in [1.82, 2.24) is 19.7 Å². The zero-order chi connectivity index (χ0) is 28.2. The van der Waals surface area contributed by atoms with Gasteiger partial charge in [-0.05, 0) is 86.0 Å². The maximum absolute atomic E-state index is 12.7. The number of carbonyl (C=O) groups excluding carboxylic acids is 1. The Bertz CT molecular complexity index is 1670. The summed E-state index contributed by atoms with van der Waals surface area (Å²) < 4.78 is 9.03. The van der Waals surface area contributed by atoms with E-state index in [1.165, 1.54) is 22.0 Å². The summed E-state index contributed by atoms with van der Waals surface area (Å²) in [6.07, 6.45) is 1.77. The Labute approximate surface area is 246 Å². The van der Waals surface area contributed by atoms with Crippen LogP contribution in [0.15, 0.2) is 72.4 Å². The molecule has 0 atom stereocenters. The predicted octanol–water partition coefficient (Wildman–Crippen LogP) is 7.63. The lowest BCUT2D eigenvalue weighted by Crippen LogP contribution is -2.15. The summed E-state index contributed by atoms with van der Waals surface area (Å²) in [6.45, 7) is 10.5. The molecule has 204 valence electrons. The van der Waals surface area contributed by atoms with E-state index in [1.807, 2.05) is 60.9 Å². The molecule has 10 heteroatoms. The lowest BCUT2D eigenvalue weighted by molar-refractivity contribution is -0.113. The number of anilines is 1. The topological polar surface area (TPSA) is 81.9 Å². The minimum Gasteiger partial charge on any atom is -0.486 e. The Morgan fingerprint density at radius 3 is 2.58 bits per heavy atom. The molecule has 1 amide bonds. The van der Waals surface area contributed by atoms with Crippen molar-refractivity contribution in [2.24, 2.45) is 0 Å². The molecule has 0 bridgehead atoms. The number of aromatic nitrogens is 4. The molecule has 0 spiro atoms. The smallest absolute Gasteiger partial charge is 0.234 e. The predicted molar refractivity (Wildman–Crippen MR) is 165 cm³/mol. The molecular formula is C30H28ClN5O2S2. The number of aryl methyl sites for hydroxylation is 3. The van der Waals surface area contributed by atoms with Crippen LogP contribution < -0.4 is 10.1 Å². The van der Waals surface area contributed by atoms with Crippen molar-refractivity contribution in [3.05, 3.63) is 94.8 Å². The van der Waals surface area contributed by atoms with Crippen LogP contribution in [-0.4, -0.2) is 31.4 Å². The molecule has 5 aromatic rings. The summed E-state index contributed by atoms with van der Waals surface area (Å²) in [5, 5.41) is 13.8. The lowest BCUT2D eigenvalue weighted by atomic mass is 10.1. The molecule has 3 aromatic carbocycles. The number of halogens is 1. The third-order valence-corrected chi connectivity index (χ3v) is 8.81. The van der Waals surface area contributed by atoms with Gasteiger partial charge < -0.3 is 10.1 Å². The molecule has 0 radical (unpaired) electrons. The highest BCUT2D eigenvalue weighted by atomic mass is 35.5. The van der Waals surface area contributed by atoms with Gasteiger partial charge in [0.15, 0.2) is 11.0 Å². The number of carbonyl (C=O) groups is 1. The van der Waals surface area contributed by atoms with Gasteiger partial charge in [-0.2, -0.15) is 0 Å². The third-order valence-electron chi connectivity index (χ3n) is 6.17. The fourth-order valence-electron chi connectivity index (χ4n) is 4.16. The van der Waals surface area contributed by atoms with Crippen LogP contribution in [-0.2, 0) is 17.9 Å². The van der Waals surface area contributed by atoms with Gasteiger partial charge in [0, 0.05) is 22.8 Å². The van der Waals surface area contributed by atoms with Gasteiger partial charge >= 0.3 is 0 Å². The van der Waals surface area contributed by atoms with Crippen molar-refractivity contribution in [3.8, 4) is 16.3 Å². The third kappa shape index (κ3) is 6.38. The molecule has 0 saturated heterocycles. The van der Waals surface area contributed by atoms with Crippen LogP contribution in [0.3, 0.4) is 0 Å². The van der Waals surface area contributed by atoms with E-state index in [0.29, 0.717) is 23.3 Å². The van der Waals surface area contributed by atoms with Crippen molar-refractivity contribution in [1.29, 1.82) is 0 Å². The average molecular weight is 590 g/mol. The Morgan fingerprint density at radius 2 is 1.85 bits per heavy atom. The summed E-state index contributed by atoms with van der Waals surface area (Å²) in [5.41, 5.74) is 5.85. The molecule has 40 heavy (non-hydrogen) atoms. The summed E-state index contributed by atoms with van der Waals surface area (Å²) in [4.78, 5) is 17.4. The number of hydrogen-bond donors (Lipinski definition) is 1. The van der Waals surface area contributed by atoms with Gasteiger partial charge in [0.05, 0.1) is 16.0 Å². The highest BCUT2D eigenvalue weighted by Crippen LogP contribution is 2.31. The summed E-state index contributed by atoms with van der Waals surface area (Å²) in [5.74, 6) is 1.41. The fraction of sp³-hybridized carbons (Fsp3) is 0.200. The second-order valence-corrected chi connectivity index (χ2v) is 11.7. The van der Waals surface area contributed by atoms with Crippen LogP contribution in [0.4, 0.5) is 5.69 Å². The molecular weight excluding hydrogens is 562 g/mol. The van der Waals surface area contributed by atoms with E-state index in [4.69, 9.17) is 21.3 Å². The number of thiazole rings is 1. The fourth-order valence-corrected chi connectivity index (χ4v) is 6.11. The minimum absolute atomic E-state index is 0.133. The number of hydrogen-bond acceptors (Lipinski definition) is 7. The summed E-state index contributed by atoms with van der Waals surface area (Å²) in [7, 11) is 0. The highest BCUT2D eigenvalue weighted by Gasteiger charge is 2.15. The second kappa shape index (κ2) is 12.2. The van der Waals surface area contributed by atoms with Crippen molar-refractivity contribution >= 4 is 56.5 Å². The van der Waals surface area contributed by atoms with E-state index in [2.05, 4.69) is 41.1 Å². The average Bonchev–Trinajstić information content (AvgIpc) is 3.53. The molecule has 0 fully saturated rings. The van der Waals surface area contributed by atoms with Gasteiger partial charge in [0.1, 0.15) is 17.4 Å². The van der Waals surface area contributed by atoms with Crippen molar-refractivity contribution in [3.63, 3.8) is 0 Å². The molecule has 0 unspecified atom stereocenters. The van der Waals surface area contributed by atoms with E-state index in [0.717, 1.165) is 37.9 Å². The van der Waals surface area contributed by atoms with E-state index >= 15 is 0 Å². The SMILES string of the molecule is C=CCn1c(COc2cc(C)c(Cl)c(C)c2)nnc1SCC(=O)Nc1ccc(-c2nc3ccc(C)cc3s2)cc1. The number of ether oxygens (including phenoxy) is 1. The quantitative estimate of drug-likeness (QED) is 0.133. The van der Waals surface area contributed by atoms with Crippen LogP contribution in [0.25, 0.3) is 20.8 Å². The van der Waals surface area contributed by atoms with Gasteiger partial charge in [-0.1, -0.05) is 35.5 Å². The Kier molecular flexibility index (Phi) is 8.54. The molecule has 0 aliphatic heterocycles. The Morgan fingerprint density at radius 1 is 1.10 bits per heavy atom. The Balaban J connectivity index is 1.19. The Hall–Kier alpha value is -3.66. The first-order valence-electron chi connectivity index (χ1n) is 12.6. The number of benzene rings is 3. The van der Waals surface area contributed by atoms with E-state index in [1.54, 1.807) is 17.4 Å². The first-order chi connectivity index (χ1) is 19.3. The standard InChI is InChI=1S/C30H28ClN5O2S2/c1-5-12-36-26(16-38-23-14-19(3)28(31)20(4)15-23)34-35-30(36)39-17-27(37)32-22-9-7-21(8-10-22)29-33-24-11-6-18(2)13-25(24)40-29/h5-11,13-15H,1,12,16-17H2,2-4H3,(H,32,37). The van der Waals surface area contributed by atoms with Gasteiger partial charge in [0.2, 0.25) is 5.91 Å². The monoisotopic (exact) mass is 589 g/mol. The molecule has 0 aliphatic rings. The first-order valence-corrected chi connectivity index (χ1v) is 14.8. The summed E-state index contributed by atoms with van der Waals surface area (Å²) >= 11 is 9.25. The zero-order valence-corrected chi connectivity index (χ0v) is 24.8. The summed E-state index contributed by atoms with van der Waals surface area (Å²) in [6, 6.07) is 17.8. The maximum atomic E-state index is 12.7. The number of allylic oxidation sites excluding steroid dienone is 1. The minimum atomic E-state index is -0.133. The lowest BCUT2D eigenvalue weighted by Gasteiger charge is -2.11.